The van der Waals surface area contributed by atoms with Crippen molar-refractivity contribution in [1.29, 1.82) is 0 Å². The fraction of sp³-hybridized carbons (Fsp3) is 1.00. The van der Waals surface area contributed by atoms with Crippen LogP contribution in [-0.4, -0.2) is 37.1 Å². The molecule has 18 heavy (non-hydrogen) atoms. The van der Waals surface area contributed by atoms with E-state index in [1.54, 1.807) is 0 Å². The lowest BCUT2D eigenvalue weighted by atomic mass is 9.90. The van der Waals surface area contributed by atoms with Gasteiger partial charge in [0.05, 0.1) is 0 Å². The molecule has 0 amide bonds. The highest BCUT2D eigenvalue weighted by Gasteiger charge is 2.36. The van der Waals surface area contributed by atoms with Crippen molar-refractivity contribution in [3.05, 3.63) is 0 Å². The third-order valence-corrected chi connectivity index (χ3v) is 5.88. The lowest BCUT2D eigenvalue weighted by molar-refractivity contribution is 0.0926. The van der Waals surface area contributed by atoms with E-state index in [-0.39, 0.29) is 0 Å². The van der Waals surface area contributed by atoms with Crippen LogP contribution in [-0.2, 0) is 0 Å². The quantitative estimate of drug-likeness (QED) is 0.825. The molecule has 3 aliphatic rings. The number of likely N-dealkylation sites (N-methyl/N-ethyl adjacent to an activating group) is 1. The van der Waals surface area contributed by atoms with Gasteiger partial charge < -0.3 is 5.32 Å². The van der Waals surface area contributed by atoms with E-state index < -0.39 is 0 Å². The summed E-state index contributed by atoms with van der Waals surface area (Å²) in [7, 11) is 2.18. The topological polar surface area (TPSA) is 15.3 Å². The van der Waals surface area contributed by atoms with Crippen molar-refractivity contribution in [2.45, 2.75) is 69.9 Å². The molecule has 104 valence electrons. The maximum absolute atomic E-state index is 3.63. The van der Waals surface area contributed by atoms with Crippen molar-refractivity contribution < 1.29 is 0 Å². The minimum atomic E-state index is 0.756. The van der Waals surface area contributed by atoms with Gasteiger partial charge in [0.25, 0.3) is 0 Å². The summed E-state index contributed by atoms with van der Waals surface area (Å²) in [6, 6.07) is 1.70. The van der Waals surface area contributed by atoms with Crippen LogP contribution in [0.25, 0.3) is 0 Å². The SMILES string of the molecule is CNC(CN1CCCC2CCCC21)C1CCCC1. The fourth-order valence-corrected chi connectivity index (χ4v) is 4.87. The molecule has 0 aromatic carbocycles. The van der Waals surface area contributed by atoms with Gasteiger partial charge in [0.2, 0.25) is 0 Å². The van der Waals surface area contributed by atoms with Gasteiger partial charge in [-0.2, -0.15) is 0 Å². The Hall–Kier alpha value is -0.0800. The van der Waals surface area contributed by atoms with Crippen LogP contribution in [0.15, 0.2) is 0 Å². The lowest BCUT2D eigenvalue weighted by Crippen LogP contribution is -2.50. The predicted octanol–water partition coefficient (Wildman–Crippen LogP) is 3.03. The molecule has 1 N–H and O–H groups in total. The third-order valence-electron chi connectivity index (χ3n) is 5.88. The molecular weight excluding hydrogens is 220 g/mol. The Morgan fingerprint density at radius 2 is 1.78 bits per heavy atom. The third kappa shape index (κ3) is 2.60. The summed E-state index contributed by atoms with van der Waals surface area (Å²) in [4.78, 5) is 2.85. The Labute approximate surface area is 113 Å². The van der Waals surface area contributed by atoms with Crippen LogP contribution in [0.3, 0.4) is 0 Å². The number of nitrogens with zero attached hydrogens (tertiary/aromatic N) is 1. The van der Waals surface area contributed by atoms with Crippen molar-refractivity contribution in [2.24, 2.45) is 11.8 Å². The highest BCUT2D eigenvalue weighted by atomic mass is 15.2. The van der Waals surface area contributed by atoms with E-state index in [1.807, 2.05) is 0 Å². The Morgan fingerprint density at radius 1 is 1.00 bits per heavy atom. The van der Waals surface area contributed by atoms with Gasteiger partial charge >= 0.3 is 0 Å². The van der Waals surface area contributed by atoms with E-state index in [0.717, 1.165) is 23.9 Å². The molecule has 3 rings (SSSR count). The normalized spacial score (nSPS) is 35.8. The van der Waals surface area contributed by atoms with E-state index in [0.29, 0.717) is 0 Å². The maximum atomic E-state index is 3.63. The summed E-state index contributed by atoms with van der Waals surface area (Å²) in [6.07, 6.45) is 13.3. The first-order valence-electron chi connectivity index (χ1n) is 8.30. The molecule has 3 fully saturated rings. The van der Waals surface area contributed by atoms with E-state index in [9.17, 15) is 0 Å². The summed E-state index contributed by atoms with van der Waals surface area (Å²) < 4.78 is 0. The highest BCUT2D eigenvalue weighted by molar-refractivity contribution is 4.92. The average molecular weight is 250 g/mol. The lowest BCUT2D eigenvalue weighted by Gasteiger charge is -2.40. The molecule has 3 atom stereocenters. The molecule has 0 radical (unpaired) electrons. The first-order valence-corrected chi connectivity index (χ1v) is 8.30. The number of likely N-dealkylation sites (tertiary alicyclic amines) is 1. The number of fused-ring (bicyclic) bond motifs is 1. The number of nitrogens with one attached hydrogen (secondary N) is 1. The summed E-state index contributed by atoms with van der Waals surface area (Å²) in [5.41, 5.74) is 0. The van der Waals surface area contributed by atoms with Crippen molar-refractivity contribution in [1.82, 2.24) is 10.2 Å². The standard InChI is InChI=1S/C16H30N2/c1-17-15(13-6-2-3-7-13)12-18-11-5-9-14-8-4-10-16(14)18/h13-17H,2-12H2,1H3. The van der Waals surface area contributed by atoms with Gasteiger partial charge in [0, 0.05) is 18.6 Å². The van der Waals surface area contributed by atoms with Gasteiger partial charge in [-0.15, -0.1) is 0 Å². The van der Waals surface area contributed by atoms with Crippen molar-refractivity contribution in [3.8, 4) is 0 Å². The summed E-state index contributed by atoms with van der Waals surface area (Å²) in [6.45, 7) is 2.69. The Bertz CT molecular complexity index is 260. The molecule has 3 unspecified atom stereocenters. The first kappa shape index (κ1) is 12.9. The average Bonchev–Trinajstić information content (AvgIpc) is 3.06. The number of hydrogen-bond acceptors (Lipinski definition) is 2. The minimum Gasteiger partial charge on any atom is -0.315 e. The zero-order chi connectivity index (χ0) is 12.4. The van der Waals surface area contributed by atoms with Gasteiger partial charge in [-0.3, -0.25) is 4.90 Å². The molecule has 0 bridgehead atoms. The van der Waals surface area contributed by atoms with Crippen LogP contribution in [0.4, 0.5) is 0 Å². The minimum absolute atomic E-state index is 0.756. The molecular formula is C16H30N2. The zero-order valence-electron chi connectivity index (χ0n) is 12.0. The van der Waals surface area contributed by atoms with Gasteiger partial charge in [-0.25, -0.2) is 0 Å². The van der Waals surface area contributed by atoms with E-state index in [4.69, 9.17) is 0 Å². The molecule has 2 heteroatoms. The monoisotopic (exact) mass is 250 g/mol. The largest absolute Gasteiger partial charge is 0.315 e. The molecule has 0 aromatic rings. The highest BCUT2D eigenvalue weighted by Crippen LogP contribution is 2.37. The Morgan fingerprint density at radius 3 is 2.56 bits per heavy atom. The van der Waals surface area contributed by atoms with Crippen LogP contribution < -0.4 is 5.32 Å². The summed E-state index contributed by atoms with van der Waals surface area (Å²) in [5, 5.41) is 3.63. The van der Waals surface area contributed by atoms with Crippen LogP contribution in [0.2, 0.25) is 0 Å². The van der Waals surface area contributed by atoms with Gasteiger partial charge in [-0.1, -0.05) is 19.3 Å². The van der Waals surface area contributed by atoms with Gasteiger partial charge in [0.15, 0.2) is 0 Å². The van der Waals surface area contributed by atoms with E-state index in [1.165, 1.54) is 70.9 Å². The number of rotatable bonds is 4. The second-order valence-electron chi connectivity index (χ2n) is 6.84. The first-order chi connectivity index (χ1) is 8.88. The smallest absolute Gasteiger partial charge is 0.0220 e. The number of piperidine rings is 1. The van der Waals surface area contributed by atoms with Crippen LogP contribution in [0.5, 0.6) is 0 Å². The zero-order valence-corrected chi connectivity index (χ0v) is 12.0. The number of hydrogen-bond donors (Lipinski definition) is 1. The molecule has 1 aliphatic heterocycles. The van der Waals surface area contributed by atoms with Gasteiger partial charge in [-0.05, 0) is 64.0 Å². The maximum Gasteiger partial charge on any atom is 0.0220 e. The predicted molar refractivity (Wildman–Crippen MR) is 76.7 cm³/mol. The van der Waals surface area contributed by atoms with Crippen LogP contribution in [0, 0.1) is 11.8 Å². The second-order valence-corrected chi connectivity index (χ2v) is 6.84. The van der Waals surface area contributed by atoms with E-state index in [2.05, 4.69) is 17.3 Å². The van der Waals surface area contributed by atoms with Gasteiger partial charge in [0.1, 0.15) is 0 Å². The fourth-order valence-electron chi connectivity index (χ4n) is 4.87. The molecule has 2 aliphatic carbocycles. The molecule has 1 heterocycles. The molecule has 0 aromatic heterocycles. The Balaban J connectivity index is 1.59. The van der Waals surface area contributed by atoms with Crippen LogP contribution in [0.1, 0.15) is 57.8 Å². The van der Waals surface area contributed by atoms with Crippen LogP contribution >= 0.6 is 0 Å². The summed E-state index contributed by atoms with van der Waals surface area (Å²) >= 11 is 0. The molecule has 1 saturated heterocycles. The van der Waals surface area contributed by atoms with Crippen molar-refractivity contribution in [2.75, 3.05) is 20.1 Å². The van der Waals surface area contributed by atoms with Crippen molar-refractivity contribution >= 4 is 0 Å². The molecule has 0 spiro atoms. The van der Waals surface area contributed by atoms with Crippen molar-refractivity contribution in [3.63, 3.8) is 0 Å². The molecule has 2 saturated carbocycles. The Kier molecular flexibility index (Phi) is 4.25. The van der Waals surface area contributed by atoms with E-state index >= 15 is 0 Å². The molecule has 2 nitrogen and oxygen atoms in total. The summed E-state index contributed by atoms with van der Waals surface area (Å²) in [5.74, 6) is 2.00. The second kappa shape index (κ2) is 5.92.